The molecule has 2 aromatic rings. The maximum atomic E-state index is 11.9. The summed E-state index contributed by atoms with van der Waals surface area (Å²) in [6, 6.07) is 18.7. The van der Waals surface area contributed by atoms with Crippen LogP contribution in [0.3, 0.4) is 0 Å². The Hall–Kier alpha value is -3.19. The van der Waals surface area contributed by atoms with Crippen molar-refractivity contribution >= 4 is 35.0 Å². The number of hydrogen-bond donors (Lipinski definition) is 4. The van der Waals surface area contributed by atoms with Crippen LogP contribution in [0.4, 0.5) is 0 Å². The molecule has 0 atom stereocenters. The van der Waals surface area contributed by atoms with Crippen LogP contribution < -0.4 is 22.1 Å². The highest BCUT2D eigenvalue weighted by Crippen LogP contribution is 2.08. The zero-order valence-corrected chi connectivity index (χ0v) is 17.0. The summed E-state index contributed by atoms with van der Waals surface area (Å²) in [6.07, 6.45) is 2.79. The van der Waals surface area contributed by atoms with Crippen LogP contribution in [0.5, 0.6) is 0 Å². The first kappa shape index (κ1) is 22.1. The Morgan fingerprint density at radius 3 is 1.48 bits per heavy atom. The predicted molar refractivity (Wildman–Crippen MR) is 121 cm³/mol. The molecule has 152 valence electrons. The third-order valence-electron chi connectivity index (χ3n) is 3.88. The van der Waals surface area contributed by atoms with Crippen molar-refractivity contribution in [3.8, 4) is 0 Å². The monoisotopic (exact) mass is 410 g/mol. The molecule has 2 rings (SSSR count). The van der Waals surface area contributed by atoms with Crippen LogP contribution in [0.2, 0.25) is 0 Å². The molecule has 0 aliphatic heterocycles. The third kappa shape index (κ3) is 8.57. The maximum Gasteiger partial charge on any atom is 0.246 e. The maximum absolute atomic E-state index is 11.9. The lowest BCUT2D eigenvalue weighted by atomic mass is 10.1. The van der Waals surface area contributed by atoms with Crippen LogP contribution in [0, 0.1) is 0 Å². The first-order chi connectivity index (χ1) is 14.1. The summed E-state index contributed by atoms with van der Waals surface area (Å²) in [4.78, 5) is 23.7. The average molecular weight is 411 g/mol. The minimum absolute atomic E-state index is 0.221. The summed E-state index contributed by atoms with van der Waals surface area (Å²) in [6.45, 7) is 1.05. The summed E-state index contributed by atoms with van der Waals surface area (Å²) < 4.78 is 0. The summed E-state index contributed by atoms with van der Waals surface area (Å²) >= 11 is 1.63. The Labute approximate surface area is 175 Å². The van der Waals surface area contributed by atoms with Crippen LogP contribution >= 0.6 is 11.8 Å². The van der Waals surface area contributed by atoms with Gasteiger partial charge in [0.05, 0.1) is 0 Å². The summed E-state index contributed by atoms with van der Waals surface area (Å²) in [5, 5.41) is 5.60. The number of benzene rings is 2. The van der Waals surface area contributed by atoms with E-state index < -0.39 is 0 Å². The van der Waals surface area contributed by atoms with Gasteiger partial charge < -0.3 is 22.1 Å². The van der Waals surface area contributed by atoms with E-state index in [0.717, 1.165) is 22.6 Å². The molecule has 0 radical (unpaired) electrons. The molecular weight excluding hydrogens is 384 g/mol. The molecule has 0 saturated heterocycles. The van der Waals surface area contributed by atoms with E-state index in [9.17, 15) is 9.59 Å². The molecule has 0 aliphatic carbocycles. The van der Waals surface area contributed by atoms with Crippen LogP contribution in [-0.4, -0.2) is 36.4 Å². The molecule has 29 heavy (non-hydrogen) atoms. The zero-order chi connectivity index (χ0) is 20.9. The minimum Gasteiger partial charge on any atom is -0.398 e. The lowest BCUT2D eigenvalue weighted by Gasteiger charge is -2.06. The second-order valence-corrected chi connectivity index (χ2v) is 7.35. The van der Waals surface area contributed by atoms with Gasteiger partial charge in [0.25, 0.3) is 0 Å². The highest BCUT2D eigenvalue weighted by Gasteiger charge is 2.02. The fourth-order valence-electron chi connectivity index (χ4n) is 2.41. The van der Waals surface area contributed by atoms with E-state index >= 15 is 0 Å². The fraction of sp³-hybridized carbons (Fsp3) is 0.182. The first-order valence-electron chi connectivity index (χ1n) is 9.25. The molecule has 0 spiro atoms. The van der Waals surface area contributed by atoms with Crippen LogP contribution in [0.15, 0.2) is 72.8 Å². The standard InChI is InChI=1S/C22H26N4O2S/c23-19(17-7-3-1-4-8-17)15-21(27)25-11-13-29-14-12-26-22(28)16-20(24)18-9-5-2-6-10-18/h1-10,15-16H,11-14,23-24H2,(H,25,27)(H,26,28). The molecule has 0 unspecified atom stereocenters. The van der Waals surface area contributed by atoms with Gasteiger partial charge in [-0.15, -0.1) is 0 Å². The largest absolute Gasteiger partial charge is 0.398 e. The Balaban J connectivity index is 1.58. The van der Waals surface area contributed by atoms with Crippen molar-refractivity contribution in [3.63, 3.8) is 0 Å². The van der Waals surface area contributed by atoms with Crippen molar-refractivity contribution < 1.29 is 9.59 Å². The smallest absolute Gasteiger partial charge is 0.246 e. The molecule has 0 aromatic heterocycles. The van der Waals surface area contributed by atoms with Gasteiger partial charge >= 0.3 is 0 Å². The van der Waals surface area contributed by atoms with Crippen LogP contribution in [0.25, 0.3) is 11.4 Å². The van der Waals surface area contributed by atoms with Gasteiger partial charge in [0.15, 0.2) is 0 Å². The molecule has 2 amide bonds. The van der Waals surface area contributed by atoms with Gasteiger partial charge in [-0.1, -0.05) is 60.7 Å². The van der Waals surface area contributed by atoms with Crippen LogP contribution in [-0.2, 0) is 9.59 Å². The Kier molecular flexibility index (Phi) is 9.38. The van der Waals surface area contributed by atoms with Crippen molar-refractivity contribution in [3.05, 3.63) is 83.9 Å². The molecule has 0 saturated carbocycles. The van der Waals surface area contributed by atoms with Gasteiger partial charge in [0.2, 0.25) is 11.8 Å². The quantitative estimate of drug-likeness (QED) is 0.353. The van der Waals surface area contributed by atoms with Gasteiger partial charge in [-0.25, -0.2) is 0 Å². The van der Waals surface area contributed by atoms with Crippen molar-refractivity contribution in [1.29, 1.82) is 0 Å². The zero-order valence-electron chi connectivity index (χ0n) is 16.1. The SMILES string of the molecule is NC(=CC(=O)NCCSCCNC(=O)C=C(N)c1ccccc1)c1ccccc1. The Morgan fingerprint density at radius 1 is 0.724 bits per heavy atom. The number of rotatable bonds is 10. The second kappa shape index (κ2) is 12.3. The number of carbonyl (C=O) groups excluding carboxylic acids is 2. The van der Waals surface area contributed by atoms with Crippen molar-refractivity contribution in [2.45, 2.75) is 0 Å². The number of carbonyl (C=O) groups is 2. The van der Waals surface area contributed by atoms with Gasteiger partial charge in [-0.2, -0.15) is 11.8 Å². The fourth-order valence-corrected chi connectivity index (χ4v) is 3.10. The Morgan fingerprint density at radius 2 is 1.10 bits per heavy atom. The van der Waals surface area contributed by atoms with E-state index in [-0.39, 0.29) is 11.8 Å². The van der Waals surface area contributed by atoms with E-state index in [1.165, 1.54) is 12.2 Å². The number of nitrogens with one attached hydrogen (secondary N) is 2. The van der Waals surface area contributed by atoms with Crippen molar-refractivity contribution in [2.24, 2.45) is 11.5 Å². The average Bonchev–Trinajstić information content (AvgIpc) is 2.74. The van der Waals surface area contributed by atoms with E-state index in [0.29, 0.717) is 24.5 Å². The lowest BCUT2D eigenvalue weighted by molar-refractivity contribution is -0.117. The highest BCUT2D eigenvalue weighted by molar-refractivity contribution is 7.99. The molecule has 0 heterocycles. The molecule has 0 aliphatic rings. The molecule has 6 nitrogen and oxygen atoms in total. The van der Waals surface area contributed by atoms with Crippen molar-refractivity contribution in [2.75, 3.05) is 24.6 Å². The third-order valence-corrected chi connectivity index (χ3v) is 4.86. The number of nitrogens with two attached hydrogens (primary N) is 2. The highest BCUT2D eigenvalue weighted by atomic mass is 32.2. The van der Waals surface area contributed by atoms with Crippen molar-refractivity contribution in [1.82, 2.24) is 10.6 Å². The lowest BCUT2D eigenvalue weighted by Crippen LogP contribution is -2.26. The molecule has 2 aromatic carbocycles. The first-order valence-corrected chi connectivity index (χ1v) is 10.4. The normalized spacial score (nSPS) is 11.7. The van der Waals surface area contributed by atoms with Crippen LogP contribution in [0.1, 0.15) is 11.1 Å². The number of amides is 2. The van der Waals surface area contributed by atoms with E-state index in [1.54, 1.807) is 11.8 Å². The molecular formula is C22H26N4O2S. The molecule has 0 bridgehead atoms. The second-order valence-electron chi connectivity index (χ2n) is 6.13. The molecule has 0 fully saturated rings. The Bertz CT molecular complexity index is 780. The predicted octanol–water partition coefficient (Wildman–Crippen LogP) is 1.95. The van der Waals surface area contributed by atoms with E-state index in [2.05, 4.69) is 10.6 Å². The topological polar surface area (TPSA) is 110 Å². The van der Waals surface area contributed by atoms with Gasteiger partial charge in [-0.3, -0.25) is 9.59 Å². The van der Waals surface area contributed by atoms with E-state index in [4.69, 9.17) is 11.5 Å². The summed E-state index contributed by atoms with van der Waals surface area (Å²) in [5.41, 5.74) is 14.3. The summed E-state index contributed by atoms with van der Waals surface area (Å²) in [7, 11) is 0. The molecule has 6 N–H and O–H groups in total. The minimum atomic E-state index is -0.221. The number of hydrogen-bond acceptors (Lipinski definition) is 5. The van der Waals surface area contributed by atoms with E-state index in [1.807, 2.05) is 60.7 Å². The molecule has 7 heteroatoms. The van der Waals surface area contributed by atoms with Gasteiger partial charge in [0, 0.05) is 48.1 Å². The number of thioether (sulfide) groups is 1. The van der Waals surface area contributed by atoms with Gasteiger partial charge in [0.1, 0.15) is 0 Å². The van der Waals surface area contributed by atoms with Gasteiger partial charge in [-0.05, 0) is 11.1 Å². The summed E-state index contributed by atoms with van der Waals surface area (Å²) in [5.74, 6) is 1.04.